The predicted molar refractivity (Wildman–Crippen MR) is 75.0 cm³/mol. The van der Waals surface area contributed by atoms with Crippen LogP contribution in [0.15, 0.2) is 28.7 Å². The highest BCUT2D eigenvalue weighted by molar-refractivity contribution is 9.10. The molecule has 0 aliphatic heterocycles. The Morgan fingerprint density at radius 1 is 1.41 bits per heavy atom. The van der Waals surface area contributed by atoms with Gasteiger partial charge in [-0.2, -0.15) is 0 Å². The number of rotatable bonds is 5. The molecular weight excluding hydrogens is 280 g/mol. The average Bonchev–Trinajstić information content (AvgIpc) is 2.25. The lowest BCUT2D eigenvalue weighted by atomic mass is 9.95. The molecule has 0 aromatic heterocycles. The number of nitrogens with one attached hydrogen (secondary N) is 2. The fourth-order valence-electron chi connectivity index (χ4n) is 1.65. The number of hydrogen-bond donors (Lipinski definition) is 2. The Bertz CT molecular complexity index is 379. The van der Waals surface area contributed by atoms with Crippen molar-refractivity contribution in [2.45, 2.75) is 13.8 Å². The van der Waals surface area contributed by atoms with Crippen molar-refractivity contribution in [3.05, 3.63) is 28.7 Å². The van der Waals surface area contributed by atoms with Crippen LogP contribution in [0.4, 0.5) is 5.69 Å². The summed E-state index contributed by atoms with van der Waals surface area (Å²) in [6, 6.07) is 7.62. The second kappa shape index (κ2) is 6.77. The van der Waals surface area contributed by atoms with Gasteiger partial charge in [0.05, 0.1) is 5.92 Å². The first-order valence-corrected chi connectivity index (χ1v) is 6.55. The lowest BCUT2D eigenvalue weighted by molar-refractivity contribution is -0.120. The SMILES string of the molecule is CNCC(C(=O)Nc1cccc(Br)c1)C(C)C. The van der Waals surface area contributed by atoms with Crippen LogP contribution in [0.2, 0.25) is 0 Å². The van der Waals surface area contributed by atoms with E-state index in [0.717, 1.165) is 10.2 Å². The molecule has 1 unspecified atom stereocenters. The van der Waals surface area contributed by atoms with Crippen molar-refractivity contribution in [3.8, 4) is 0 Å². The third kappa shape index (κ3) is 4.48. The van der Waals surface area contributed by atoms with Crippen molar-refractivity contribution < 1.29 is 4.79 Å². The molecule has 0 saturated heterocycles. The third-order valence-electron chi connectivity index (χ3n) is 2.66. The molecule has 0 bridgehead atoms. The van der Waals surface area contributed by atoms with E-state index < -0.39 is 0 Å². The quantitative estimate of drug-likeness (QED) is 0.878. The molecule has 0 fully saturated rings. The standard InChI is InChI=1S/C13H19BrN2O/c1-9(2)12(8-15-3)13(17)16-11-6-4-5-10(14)7-11/h4-7,9,12,15H,8H2,1-3H3,(H,16,17). The van der Waals surface area contributed by atoms with Crippen LogP contribution >= 0.6 is 15.9 Å². The van der Waals surface area contributed by atoms with Gasteiger partial charge in [0.25, 0.3) is 0 Å². The zero-order valence-corrected chi connectivity index (χ0v) is 12.0. The van der Waals surface area contributed by atoms with Gasteiger partial charge in [0.2, 0.25) is 5.91 Å². The van der Waals surface area contributed by atoms with Crippen LogP contribution in [0.3, 0.4) is 0 Å². The van der Waals surface area contributed by atoms with Crippen LogP contribution < -0.4 is 10.6 Å². The van der Waals surface area contributed by atoms with Crippen LogP contribution in [0, 0.1) is 11.8 Å². The van der Waals surface area contributed by atoms with E-state index in [-0.39, 0.29) is 11.8 Å². The number of halogens is 1. The summed E-state index contributed by atoms with van der Waals surface area (Å²) in [6.45, 7) is 4.81. The maximum absolute atomic E-state index is 12.1. The Hall–Kier alpha value is -0.870. The minimum atomic E-state index is -0.0148. The second-order valence-electron chi connectivity index (χ2n) is 4.41. The summed E-state index contributed by atoms with van der Waals surface area (Å²) in [7, 11) is 1.86. The molecule has 0 aliphatic rings. The molecule has 0 radical (unpaired) electrons. The van der Waals surface area contributed by atoms with Crippen LogP contribution in [0.5, 0.6) is 0 Å². The Balaban J connectivity index is 2.69. The monoisotopic (exact) mass is 298 g/mol. The smallest absolute Gasteiger partial charge is 0.229 e. The molecule has 4 heteroatoms. The minimum Gasteiger partial charge on any atom is -0.326 e. The second-order valence-corrected chi connectivity index (χ2v) is 5.32. The molecule has 0 spiro atoms. The van der Waals surface area contributed by atoms with E-state index in [4.69, 9.17) is 0 Å². The first kappa shape index (κ1) is 14.2. The van der Waals surface area contributed by atoms with E-state index in [1.165, 1.54) is 0 Å². The third-order valence-corrected chi connectivity index (χ3v) is 3.15. The lowest BCUT2D eigenvalue weighted by Gasteiger charge is -2.19. The van der Waals surface area contributed by atoms with E-state index in [9.17, 15) is 4.79 Å². The van der Waals surface area contributed by atoms with Crippen LogP contribution in [0.1, 0.15) is 13.8 Å². The summed E-state index contributed by atoms with van der Waals surface area (Å²) in [5.74, 6) is 0.362. The van der Waals surface area contributed by atoms with Crippen molar-refractivity contribution in [1.82, 2.24) is 5.32 Å². The predicted octanol–water partition coefficient (Wildman–Crippen LogP) is 2.88. The maximum Gasteiger partial charge on any atom is 0.229 e. The summed E-state index contributed by atoms with van der Waals surface area (Å²) in [5.41, 5.74) is 0.825. The fraction of sp³-hybridized carbons (Fsp3) is 0.462. The van der Waals surface area contributed by atoms with Crippen molar-refractivity contribution in [1.29, 1.82) is 0 Å². The van der Waals surface area contributed by atoms with Gasteiger partial charge in [-0.1, -0.05) is 35.8 Å². The molecular formula is C13H19BrN2O. The Morgan fingerprint density at radius 2 is 2.12 bits per heavy atom. The lowest BCUT2D eigenvalue weighted by Crippen LogP contribution is -2.34. The molecule has 1 aromatic carbocycles. The molecule has 0 aliphatic carbocycles. The first-order chi connectivity index (χ1) is 8.04. The van der Waals surface area contributed by atoms with Gasteiger partial charge in [0.1, 0.15) is 0 Å². The summed E-state index contributed by atoms with van der Waals surface area (Å²) in [4.78, 5) is 12.1. The summed E-state index contributed by atoms with van der Waals surface area (Å²) >= 11 is 3.39. The van der Waals surface area contributed by atoms with Gasteiger partial charge in [-0.05, 0) is 31.2 Å². The number of carbonyl (C=O) groups is 1. The van der Waals surface area contributed by atoms with E-state index >= 15 is 0 Å². The van der Waals surface area contributed by atoms with Crippen molar-refractivity contribution in [3.63, 3.8) is 0 Å². The molecule has 1 aromatic rings. The summed E-state index contributed by atoms with van der Waals surface area (Å²) in [5, 5.41) is 6.00. The fourth-order valence-corrected chi connectivity index (χ4v) is 2.05. The normalized spacial score (nSPS) is 12.5. The zero-order valence-electron chi connectivity index (χ0n) is 10.5. The molecule has 3 nitrogen and oxygen atoms in total. The van der Waals surface area contributed by atoms with Gasteiger partial charge in [0.15, 0.2) is 0 Å². The number of amides is 1. The van der Waals surface area contributed by atoms with Crippen molar-refractivity contribution in [2.24, 2.45) is 11.8 Å². The van der Waals surface area contributed by atoms with E-state index in [0.29, 0.717) is 12.5 Å². The van der Waals surface area contributed by atoms with Crippen LogP contribution in [-0.4, -0.2) is 19.5 Å². The van der Waals surface area contributed by atoms with Gasteiger partial charge in [-0.15, -0.1) is 0 Å². The van der Waals surface area contributed by atoms with Gasteiger partial charge >= 0.3 is 0 Å². The molecule has 1 amide bonds. The van der Waals surface area contributed by atoms with E-state index in [1.807, 2.05) is 31.3 Å². The number of anilines is 1. The minimum absolute atomic E-state index is 0.0148. The topological polar surface area (TPSA) is 41.1 Å². The average molecular weight is 299 g/mol. The van der Waals surface area contributed by atoms with Crippen LogP contribution in [0.25, 0.3) is 0 Å². The molecule has 0 saturated carbocycles. The maximum atomic E-state index is 12.1. The van der Waals surface area contributed by atoms with Crippen molar-refractivity contribution >= 4 is 27.5 Å². The number of benzene rings is 1. The molecule has 0 heterocycles. The molecule has 94 valence electrons. The zero-order chi connectivity index (χ0) is 12.8. The van der Waals surface area contributed by atoms with Gasteiger partial charge < -0.3 is 10.6 Å². The highest BCUT2D eigenvalue weighted by atomic mass is 79.9. The number of carbonyl (C=O) groups excluding carboxylic acids is 1. The highest BCUT2D eigenvalue weighted by Crippen LogP contribution is 2.18. The van der Waals surface area contributed by atoms with Crippen molar-refractivity contribution in [2.75, 3.05) is 18.9 Å². The number of hydrogen-bond acceptors (Lipinski definition) is 2. The van der Waals surface area contributed by atoms with Gasteiger partial charge in [-0.3, -0.25) is 4.79 Å². The van der Waals surface area contributed by atoms with E-state index in [1.54, 1.807) is 0 Å². The Labute approximate surface area is 111 Å². The summed E-state index contributed by atoms with van der Waals surface area (Å²) < 4.78 is 0.963. The van der Waals surface area contributed by atoms with Gasteiger partial charge in [0, 0.05) is 16.7 Å². The van der Waals surface area contributed by atoms with Gasteiger partial charge in [-0.25, -0.2) is 0 Å². The first-order valence-electron chi connectivity index (χ1n) is 5.75. The highest BCUT2D eigenvalue weighted by Gasteiger charge is 2.21. The molecule has 2 N–H and O–H groups in total. The molecule has 1 atom stereocenters. The largest absolute Gasteiger partial charge is 0.326 e. The summed E-state index contributed by atoms with van der Waals surface area (Å²) in [6.07, 6.45) is 0. The Kier molecular flexibility index (Phi) is 5.65. The van der Waals surface area contributed by atoms with E-state index in [2.05, 4.69) is 40.4 Å². The Morgan fingerprint density at radius 3 is 2.65 bits per heavy atom. The molecule has 1 rings (SSSR count). The molecule has 17 heavy (non-hydrogen) atoms. The van der Waals surface area contributed by atoms with Crippen LogP contribution in [-0.2, 0) is 4.79 Å².